The lowest BCUT2D eigenvalue weighted by molar-refractivity contribution is 0.0692. The first-order valence-electron chi connectivity index (χ1n) is 14.6. The molecule has 0 atom stereocenters. The van der Waals surface area contributed by atoms with Gasteiger partial charge in [-0.05, 0) is 110 Å². The second kappa shape index (κ2) is 15.1. The Kier molecular flexibility index (Phi) is 10.5. The molecule has 2 heterocycles. The van der Waals surface area contributed by atoms with E-state index in [1.54, 1.807) is 11.0 Å². The Balaban J connectivity index is 0.000000214. The SMILES string of the molecule is Nc1ccc(C2CCN(C(=O)c3ccc(Oc4ccc(F)cc4)c(F)c3)CC2)nn1.O=C(O)c1ccc(Oc2ccc(F)cc2)c(F)c1. The number of aromatic carboxylic acids is 1. The molecule has 13 heteroatoms. The number of halogens is 4. The summed E-state index contributed by atoms with van der Waals surface area (Å²) in [6, 6.07) is 21.3. The molecule has 48 heavy (non-hydrogen) atoms. The predicted octanol–water partition coefficient (Wildman–Crippen LogP) is 7.60. The third-order valence-corrected chi connectivity index (χ3v) is 7.35. The van der Waals surface area contributed by atoms with Crippen LogP contribution in [0.2, 0.25) is 0 Å². The maximum Gasteiger partial charge on any atom is 0.335 e. The first-order chi connectivity index (χ1) is 23.0. The maximum absolute atomic E-state index is 14.5. The summed E-state index contributed by atoms with van der Waals surface area (Å²) in [5.74, 6) is -2.72. The first-order valence-corrected chi connectivity index (χ1v) is 14.6. The van der Waals surface area contributed by atoms with Gasteiger partial charge in [0, 0.05) is 24.6 Å². The highest BCUT2D eigenvalue weighted by molar-refractivity contribution is 5.94. The summed E-state index contributed by atoms with van der Waals surface area (Å²) >= 11 is 0. The van der Waals surface area contributed by atoms with E-state index in [-0.39, 0.29) is 40.2 Å². The van der Waals surface area contributed by atoms with Crippen LogP contribution in [-0.2, 0) is 0 Å². The smallest absolute Gasteiger partial charge is 0.335 e. The number of benzene rings is 4. The summed E-state index contributed by atoms with van der Waals surface area (Å²) in [6.07, 6.45) is 1.50. The van der Waals surface area contributed by atoms with E-state index in [1.165, 1.54) is 78.9 Å². The Morgan fingerprint density at radius 1 is 0.688 bits per heavy atom. The number of nitrogens with two attached hydrogens (primary N) is 1. The number of nitrogen functional groups attached to an aromatic ring is 1. The summed E-state index contributed by atoms with van der Waals surface area (Å²) in [5.41, 5.74) is 6.53. The van der Waals surface area contributed by atoms with Gasteiger partial charge in [-0.3, -0.25) is 4.79 Å². The molecule has 1 aromatic heterocycles. The van der Waals surface area contributed by atoms with Crippen LogP contribution < -0.4 is 15.2 Å². The van der Waals surface area contributed by atoms with Crippen molar-refractivity contribution in [3.8, 4) is 23.0 Å². The lowest BCUT2D eigenvalue weighted by Crippen LogP contribution is -2.38. The lowest BCUT2D eigenvalue weighted by atomic mass is 9.93. The molecule has 0 bridgehead atoms. The number of nitrogens with zero attached hydrogens (tertiary/aromatic N) is 3. The van der Waals surface area contributed by atoms with Crippen LogP contribution in [0.1, 0.15) is 45.2 Å². The van der Waals surface area contributed by atoms with Gasteiger partial charge in [0.25, 0.3) is 5.91 Å². The van der Waals surface area contributed by atoms with Crippen molar-refractivity contribution in [2.24, 2.45) is 0 Å². The van der Waals surface area contributed by atoms with Gasteiger partial charge in [-0.1, -0.05) is 0 Å². The zero-order valence-electron chi connectivity index (χ0n) is 25.2. The number of ether oxygens (including phenoxy) is 2. The van der Waals surface area contributed by atoms with Crippen molar-refractivity contribution in [1.29, 1.82) is 0 Å². The molecule has 0 saturated carbocycles. The van der Waals surface area contributed by atoms with E-state index in [0.29, 0.717) is 24.7 Å². The average molecular weight is 661 g/mol. The second-order valence-corrected chi connectivity index (χ2v) is 10.7. The number of carboxylic acid groups (broad SMARTS) is 1. The summed E-state index contributed by atoms with van der Waals surface area (Å²) in [4.78, 5) is 25.1. The van der Waals surface area contributed by atoms with E-state index in [1.807, 2.05) is 6.07 Å². The normalized spacial score (nSPS) is 12.9. The molecule has 0 unspecified atom stereocenters. The number of hydrogen-bond donors (Lipinski definition) is 2. The minimum absolute atomic E-state index is 0.0289. The molecule has 1 aliphatic rings. The fourth-order valence-electron chi connectivity index (χ4n) is 4.82. The minimum Gasteiger partial charge on any atom is -0.478 e. The Hall–Kier alpha value is -5.98. The monoisotopic (exact) mass is 660 g/mol. The van der Waals surface area contributed by atoms with Crippen LogP contribution in [0.4, 0.5) is 23.4 Å². The van der Waals surface area contributed by atoms with Crippen molar-refractivity contribution in [1.82, 2.24) is 15.1 Å². The zero-order chi connectivity index (χ0) is 34.2. The molecule has 5 aromatic rings. The highest BCUT2D eigenvalue weighted by Gasteiger charge is 2.26. The molecule has 0 radical (unpaired) electrons. The van der Waals surface area contributed by atoms with Gasteiger partial charge in [0.1, 0.15) is 29.0 Å². The molecule has 6 rings (SSSR count). The van der Waals surface area contributed by atoms with Gasteiger partial charge in [-0.15, -0.1) is 5.10 Å². The van der Waals surface area contributed by atoms with Crippen LogP contribution >= 0.6 is 0 Å². The molecule has 4 aromatic carbocycles. The van der Waals surface area contributed by atoms with Crippen molar-refractivity contribution in [3.63, 3.8) is 0 Å². The van der Waals surface area contributed by atoms with Crippen LogP contribution in [0.15, 0.2) is 97.1 Å². The molecule has 1 saturated heterocycles. The van der Waals surface area contributed by atoms with Gasteiger partial charge in [-0.25, -0.2) is 22.4 Å². The van der Waals surface area contributed by atoms with Crippen LogP contribution in [-0.4, -0.2) is 45.2 Å². The topological polar surface area (TPSA) is 128 Å². The summed E-state index contributed by atoms with van der Waals surface area (Å²) in [7, 11) is 0. The standard InChI is InChI=1S/C22H20F2N4O2.C13H8F2O3/c23-16-2-4-17(5-3-16)30-20-7-1-15(13-18(20)24)22(29)28-11-9-14(10-12-28)19-6-8-21(25)27-26-19;14-9-2-4-10(5-3-9)18-12-6-1-8(13(16)17)7-11(12)15/h1-8,13-14H,9-12H2,(H2,25,27);1-7H,(H,16,17). The number of amides is 1. The zero-order valence-corrected chi connectivity index (χ0v) is 25.2. The van der Waals surface area contributed by atoms with Crippen LogP contribution in [0, 0.1) is 23.3 Å². The van der Waals surface area contributed by atoms with Crippen molar-refractivity contribution in [3.05, 3.63) is 137 Å². The third kappa shape index (κ3) is 8.63. The van der Waals surface area contributed by atoms with E-state index in [4.69, 9.17) is 20.3 Å². The number of anilines is 1. The largest absolute Gasteiger partial charge is 0.478 e. The van der Waals surface area contributed by atoms with Crippen molar-refractivity contribution >= 4 is 17.7 Å². The summed E-state index contributed by atoms with van der Waals surface area (Å²) < 4.78 is 64.2. The van der Waals surface area contributed by atoms with Crippen molar-refractivity contribution < 1.29 is 41.7 Å². The van der Waals surface area contributed by atoms with Gasteiger partial charge in [0.05, 0.1) is 11.3 Å². The molecule has 9 nitrogen and oxygen atoms in total. The van der Waals surface area contributed by atoms with E-state index in [2.05, 4.69) is 10.2 Å². The average Bonchev–Trinajstić information content (AvgIpc) is 3.09. The molecule has 0 spiro atoms. The van der Waals surface area contributed by atoms with Crippen LogP contribution in [0.5, 0.6) is 23.0 Å². The van der Waals surface area contributed by atoms with E-state index in [0.717, 1.165) is 24.6 Å². The van der Waals surface area contributed by atoms with E-state index >= 15 is 0 Å². The Bertz CT molecular complexity index is 1880. The number of piperidine rings is 1. The quantitative estimate of drug-likeness (QED) is 0.171. The molecule has 1 amide bonds. The van der Waals surface area contributed by atoms with Gasteiger partial charge in [0.15, 0.2) is 23.1 Å². The molecule has 1 fully saturated rings. The second-order valence-electron chi connectivity index (χ2n) is 10.7. The third-order valence-electron chi connectivity index (χ3n) is 7.35. The Labute approximate surface area is 272 Å². The predicted molar refractivity (Wildman–Crippen MR) is 167 cm³/mol. The first kappa shape index (κ1) is 33.4. The molecule has 1 aliphatic heterocycles. The number of hydrogen-bond acceptors (Lipinski definition) is 7. The maximum atomic E-state index is 14.5. The van der Waals surface area contributed by atoms with Crippen molar-refractivity contribution in [2.45, 2.75) is 18.8 Å². The highest BCUT2D eigenvalue weighted by atomic mass is 19.1. The fourth-order valence-corrected chi connectivity index (χ4v) is 4.82. The molecule has 0 aliphatic carbocycles. The fraction of sp³-hybridized carbons (Fsp3) is 0.143. The summed E-state index contributed by atoms with van der Waals surface area (Å²) in [5, 5.41) is 16.7. The number of aromatic nitrogens is 2. The highest BCUT2D eigenvalue weighted by Crippen LogP contribution is 2.30. The molecule has 246 valence electrons. The molecular weight excluding hydrogens is 632 g/mol. The van der Waals surface area contributed by atoms with E-state index in [9.17, 15) is 27.2 Å². The van der Waals surface area contributed by atoms with Crippen LogP contribution in [0.25, 0.3) is 0 Å². The van der Waals surface area contributed by atoms with Gasteiger partial charge < -0.3 is 25.2 Å². The number of rotatable bonds is 7. The van der Waals surface area contributed by atoms with E-state index < -0.39 is 29.2 Å². The number of carboxylic acids is 1. The molecule has 3 N–H and O–H groups in total. The van der Waals surface area contributed by atoms with Crippen LogP contribution in [0.3, 0.4) is 0 Å². The lowest BCUT2D eigenvalue weighted by Gasteiger charge is -2.31. The van der Waals surface area contributed by atoms with Gasteiger partial charge in [0.2, 0.25) is 0 Å². The minimum atomic E-state index is -1.22. The van der Waals surface area contributed by atoms with Crippen molar-refractivity contribution in [2.75, 3.05) is 18.8 Å². The van der Waals surface area contributed by atoms with Gasteiger partial charge >= 0.3 is 5.97 Å². The number of carbonyl (C=O) groups excluding carboxylic acids is 1. The molecular formula is C35H28F4N4O5. The van der Waals surface area contributed by atoms with Gasteiger partial charge in [-0.2, -0.15) is 5.10 Å². The summed E-state index contributed by atoms with van der Waals surface area (Å²) in [6.45, 7) is 1.09. The number of likely N-dealkylation sites (tertiary alicyclic amines) is 1. The number of carbonyl (C=O) groups is 2. The Morgan fingerprint density at radius 2 is 1.19 bits per heavy atom. The Morgan fingerprint density at radius 3 is 1.65 bits per heavy atom.